The number of aromatic nitrogens is 1. The fourth-order valence-corrected chi connectivity index (χ4v) is 8.77. The molecular weight excluding hydrogens is 599 g/mol. The van der Waals surface area contributed by atoms with Crippen molar-refractivity contribution in [3.63, 3.8) is 0 Å². The Morgan fingerprint density at radius 3 is 1.85 bits per heavy atom. The second-order valence-electron chi connectivity index (χ2n) is 12.5. The normalized spacial score (nSPS) is 12.1. The average Bonchev–Trinajstić information content (AvgIpc) is 3.50. The predicted molar refractivity (Wildman–Crippen MR) is 204 cm³/mol. The summed E-state index contributed by atoms with van der Waals surface area (Å²) in [4.78, 5) is 2.63. The Hall–Kier alpha value is -5.83. The molecule has 9 aromatic rings. The number of hydrogen-bond acceptors (Lipinski definition) is 1. The van der Waals surface area contributed by atoms with Crippen LogP contribution in [0.3, 0.4) is 0 Å². The summed E-state index contributed by atoms with van der Waals surface area (Å²) in [6.45, 7) is 0. The van der Waals surface area contributed by atoms with Crippen molar-refractivity contribution in [2.24, 2.45) is 0 Å². The van der Waals surface area contributed by atoms with Crippen molar-refractivity contribution < 1.29 is 0 Å². The third-order valence-corrected chi connectivity index (χ3v) is 10.9. The lowest BCUT2D eigenvalue weighted by atomic mass is 9.90. The molecule has 0 fully saturated rings. The van der Waals surface area contributed by atoms with Gasteiger partial charge < -0.3 is 4.57 Å². The van der Waals surface area contributed by atoms with Crippen LogP contribution < -0.4 is 0 Å². The number of para-hydroxylation sites is 2. The molecule has 0 saturated carbocycles. The van der Waals surface area contributed by atoms with Crippen LogP contribution in [0, 0.1) is 0 Å². The molecule has 0 spiro atoms. The third kappa shape index (κ3) is 4.20. The van der Waals surface area contributed by atoms with Gasteiger partial charge in [-0.2, -0.15) is 0 Å². The van der Waals surface area contributed by atoms with E-state index in [9.17, 15) is 0 Å². The van der Waals surface area contributed by atoms with Crippen LogP contribution in [0.5, 0.6) is 0 Å². The SMILES string of the molecule is c1ccc(-c2ccc3c(c2)-c2cccc4c(-c5cccc(-c6cccc7c6c6ccccc6n7-c6ccccc6)c5)ccc(c24)S3)cc1. The van der Waals surface area contributed by atoms with E-state index in [2.05, 4.69) is 180 Å². The Morgan fingerprint density at radius 2 is 0.979 bits per heavy atom. The van der Waals surface area contributed by atoms with Gasteiger partial charge in [-0.05, 0) is 98.4 Å². The van der Waals surface area contributed by atoms with Crippen molar-refractivity contribution in [2.45, 2.75) is 9.79 Å². The second kappa shape index (κ2) is 10.9. The predicted octanol–water partition coefficient (Wildman–Crippen LogP) is 13.1. The van der Waals surface area contributed by atoms with E-state index in [-0.39, 0.29) is 0 Å². The zero-order valence-electron chi connectivity index (χ0n) is 26.1. The van der Waals surface area contributed by atoms with E-state index >= 15 is 0 Å². The highest BCUT2D eigenvalue weighted by Crippen LogP contribution is 2.51. The molecule has 2 heterocycles. The molecule has 1 aromatic heterocycles. The molecule has 10 rings (SSSR count). The van der Waals surface area contributed by atoms with Crippen molar-refractivity contribution in [1.29, 1.82) is 0 Å². The van der Waals surface area contributed by atoms with Crippen molar-refractivity contribution >= 4 is 44.3 Å². The maximum absolute atomic E-state index is 2.39. The molecule has 1 aliphatic rings. The van der Waals surface area contributed by atoms with Crippen LogP contribution in [0.1, 0.15) is 0 Å². The van der Waals surface area contributed by atoms with E-state index in [1.807, 2.05) is 11.8 Å². The average molecular weight is 628 g/mol. The van der Waals surface area contributed by atoms with Crippen molar-refractivity contribution in [2.75, 3.05) is 0 Å². The van der Waals surface area contributed by atoms with E-state index in [4.69, 9.17) is 0 Å². The van der Waals surface area contributed by atoms with Crippen molar-refractivity contribution in [1.82, 2.24) is 4.57 Å². The molecule has 0 bridgehead atoms. The van der Waals surface area contributed by atoms with Gasteiger partial charge in [-0.25, -0.2) is 0 Å². The van der Waals surface area contributed by atoms with Crippen molar-refractivity contribution in [3.8, 4) is 50.2 Å². The summed E-state index contributed by atoms with van der Waals surface area (Å²) in [5.41, 5.74) is 13.7. The summed E-state index contributed by atoms with van der Waals surface area (Å²) in [6, 6.07) is 64.4. The van der Waals surface area contributed by atoms with Crippen LogP contribution in [0.25, 0.3) is 82.8 Å². The first-order valence-corrected chi connectivity index (χ1v) is 17.3. The molecule has 48 heavy (non-hydrogen) atoms. The second-order valence-corrected chi connectivity index (χ2v) is 13.6. The smallest absolute Gasteiger partial charge is 0.0547 e. The van der Waals surface area contributed by atoms with Gasteiger partial charge in [0, 0.05) is 31.6 Å². The minimum atomic E-state index is 1.17. The van der Waals surface area contributed by atoms with E-state index in [1.165, 1.54) is 92.6 Å². The van der Waals surface area contributed by atoms with E-state index < -0.39 is 0 Å². The fraction of sp³-hybridized carbons (Fsp3) is 0. The van der Waals surface area contributed by atoms with Gasteiger partial charge in [0.1, 0.15) is 0 Å². The number of hydrogen-bond donors (Lipinski definition) is 0. The summed E-state index contributed by atoms with van der Waals surface area (Å²) in [7, 11) is 0. The molecule has 0 amide bonds. The van der Waals surface area contributed by atoms with Gasteiger partial charge in [0.05, 0.1) is 11.0 Å². The van der Waals surface area contributed by atoms with Crippen LogP contribution in [0.15, 0.2) is 186 Å². The zero-order chi connectivity index (χ0) is 31.6. The summed E-state index contributed by atoms with van der Waals surface area (Å²) in [6.07, 6.45) is 0. The molecule has 0 saturated heterocycles. The van der Waals surface area contributed by atoms with Gasteiger partial charge in [-0.3, -0.25) is 0 Å². The monoisotopic (exact) mass is 627 g/mol. The Balaban J connectivity index is 1.14. The molecule has 2 heteroatoms. The van der Waals surface area contributed by atoms with Crippen LogP contribution in [-0.2, 0) is 0 Å². The lowest BCUT2D eigenvalue weighted by Gasteiger charge is -2.22. The molecule has 0 atom stereocenters. The van der Waals surface area contributed by atoms with Gasteiger partial charge in [0.2, 0.25) is 0 Å². The van der Waals surface area contributed by atoms with Crippen LogP contribution in [-0.4, -0.2) is 4.57 Å². The lowest BCUT2D eigenvalue weighted by Crippen LogP contribution is -1.95. The van der Waals surface area contributed by atoms with Crippen LogP contribution >= 0.6 is 11.8 Å². The zero-order valence-corrected chi connectivity index (χ0v) is 26.9. The minimum Gasteiger partial charge on any atom is -0.309 e. The van der Waals surface area contributed by atoms with Crippen molar-refractivity contribution in [3.05, 3.63) is 176 Å². The molecule has 0 aliphatic carbocycles. The Morgan fingerprint density at radius 1 is 0.333 bits per heavy atom. The molecule has 0 unspecified atom stereocenters. The molecule has 0 radical (unpaired) electrons. The van der Waals surface area contributed by atoms with E-state index in [1.54, 1.807) is 0 Å². The highest BCUT2D eigenvalue weighted by molar-refractivity contribution is 7.99. The molecule has 8 aromatic carbocycles. The molecule has 1 aliphatic heterocycles. The number of benzene rings is 8. The summed E-state index contributed by atoms with van der Waals surface area (Å²) in [5, 5.41) is 5.19. The summed E-state index contributed by atoms with van der Waals surface area (Å²) >= 11 is 1.88. The molecular formula is C46H29NS. The molecule has 1 nitrogen and oxygen atoms in total. The Bertz CT molecular complexity index is 2690. The Kier molecular flexibility index (Phi) is 6.18. The highest BCUT2D eigenvalue weighted by Gasteiger charge is 2.22. The quantitative estimate of drug-likeness (QED) is 0.188. The first-order chi connectivity index (χ1) is 23.8. The number of rotatable bonds is 4. The minimum absolute atomic E-state index is 1.17. The van der Waals surface area contributed by atoms with Crippen LogP contribution in [0.4, 0.5) is 0 Å². The lowest BCUT2D eigenvalue weighted by molar-refractivity contribution is 1.18. The maximum atomic E-state index is 2.39. The van der Waals surface area contributed by atoms with Gasteiger partial charge >= 0.3 is 0 Å². The van der Waals surface area contributed by atoms with Gasteiger partial charge in [-0.15, -0.1) is 0 Å². The van der Waals surface area contributed by atoms with Gasteiger partial charge in [0.25, 0.3) is 0 Å². The summed E-state index contributed by atoms with van der Waals surface area (Å²) < 4.78 is 2.39. The van der Waals surface area contributed by atoms with Gasteiger partial charge in [0.15, 0.2) is 0 Å². The van der Waals surface area contributed by atoms with E-state index in [0.29, 0.717) is 0 Å². The van der Waals surface area contributed by atoms with Crippen LogP contribution in [0.2, 0.25) is 0 Å². The standard InChI is InChI=1S/C46H29NS/c1-3-12-30(13-4-1)31-24-26-43-40(29-31)38-21-10-20-37-35(25-27-44(48-43)46(37)38)32-14-9-15-33(28-32)36-19-11-23-42-45(36)39-18-7-8-22-41(39)47(42)34-16-5-2-6-17-34/h1-29H. The van der Waals surface area contributed by atoms with E-state index in [0.717, 1.165) is 0 Å². The topological polar surface area (TPSA) is 4.93 Å². The maximum Gasteiger partial charge on any atom is 0.0547 e. The summed E-state index contributed by atoms with van der Waals surface area (Å²) in [5.74, 6) is 0. The number of nitrogens with zero attached hydrogens (tertiary/aromatic N) is 1. The largest absolute Gasteiger partial charge is 0.309 e. The third-order valence-electron chi connectivity index (χ3n) is 9.80. The highest BCUT2D eigenvalue weighted by atomic mass is 32.2. The first kappa shape index (κ1) is 27.3. The van der Waals surface area contributed by atoms with Gasteiger partial charge in [-0.1, -0.05) is 139 Å². The Labute approximate surface area is 283 Å². The number of fused-ring (bicyclic) bond motifs is 5. The molecule has 224 valence electrons. The fourth-order valence-electron chi connectivity index (χ4n) is 7.66. The molecule has 0 N–H and O–H groups in total. The first-order valence-electron chi connectivity index (χ1n) is 16.4.